The van der Waals surface area contributed by atoms with E-state index in [4.69, 9.17) is 0 Å². The summed E-state index contributed by atoms with van der Waals surface area (Å²) in [6.07, 6.45) is 1.22. The highest BCUT2D eigenvalue weighted by Gasteiger charge is 2.13. The van der Waals surface area contributed by atoms with E-state index in [1.165, 1.54) is 18.3 Å². The average molecular weight is 276 g/mol. The largest absolute Gasteiger partial charge is 0.346 e. The molecule has 3 nitrogen and oxygen atoms in total. The molecule has 1 heterocycles. The molecule has 0 aliphatic heterocycles. The zero-order chi connectivity index (χ0) is 14.7. The number of amides is 1. The van der Waals surface area contributed by atoms with Crippen LogP contribution in [-0.2, 0) is 0 Å². The van der Waals surface area contributed by atoms with E-state index in [9.17, 15) is 13.6 Å². The molecular formula is C15H14F2N2O. The van der Waals surface area contributed by atoms with Crippen LogP contribution in [0.25, 0.3) is 0 Å². The van der Waals surface area contributed by atoms with Crippen molar-refractivity contribution in [1.82, 2.24) is 10.3 Å². The van der Waals surface area contributed by atoms with E-state index in [1.807, 2.05) is 0 Å². The van der Waals surface area contributed by atoms with Crippen LogP contribution >= 0.6 is 0 Å². The molecule has 0 bridgehead atoms. The van der Waals surface area contributed by atoms with Crippen molar-refractivity contribution in [2.75, 3.05) is 0 Å². The summed E-state index contributed by atoms with van der Waals surface area (Å²) in [5.74, 6) is -1.47. The van der Waals surface area contributed by atoms with E-state index in [1.54, 1.807) is 26.0 Å². The molecule has 0 aliphatic carbocycles. The number of nitrogens with one attached hydrogen (secondary N) is 1. The van der Waals surface area contributed by atoms with Gasteiger partial charge in [0.05, 0.1) is 6.04 Å². The second-order valence-corrected chi connectivity index (χ2v) is 4.57. The molecule has 0 radical (unpaired) electrons. The summed E-state index contributed by atoms with van der Waals surface area (Å²) in [5.41, 5.74) is 1.37. The van der Waals surface area contributed by atoms with Crippen molar-refractivity contribution in [2.45, 2.75) is 19.9 Å². The molecule has 104 valence electrons. The van der Waals surface area contributed by atoms with Gasteiger partial charge in [-0.1, -0.05) is 12.1 Å². The van der Waals surface area contributed by atoms with Gasteiger partial charge in [0.2, 0.25) is 5.95 Å². The lowest BCUT2D eigenvalue weighted by molar-refractivity contribution is 0.0939. The Hall–Kier alpha value is -2.30. The topological polar surface area (TPSA) is 42.0 Å². The monoisotopic (exact) mass is 276 g/mol. The number of rotatable bonds is 3. The first kappa shape index (κ1) is 14.1. The fraction of sp³-hybridized carbons (Fsp3) is 0.200. The number of aromatic nitrogens is 1. The lowest BCUT2D eigenvalue weighted by Crippen LogP contribution is -2.26. The zero-order valence-corrected chi connectivity index (χ0v) is 11.2. The number of halogens is 2. The molecule has 0 spiro atoms. The minimum absolute atomic E-state index is 0.178. The molecule has 0 saturated carbocycles. The van der Waals surface area contributed by atoms with Gasteiger partial charge in [0.1, 0.15) is 5.82 Å². The first-order valence-electron chi connectivity index (χ1n) is 6.16. The molecule has 5 heteroatoms. The molecule has 2 rings (SSSR count). The van der Waals surface area contributed by atoms with Gasteiger partial charge in [-0.05, 0) is 37.1 Å². The van der Waals surface area contributed by atoms with Gasteiger partial charge in [0.25, 0.3) is 5.91 Å². The highest BCUT2D eigenvalue weighted by molar-refractivity contribution is 5.94. The molecule has 20 heavy (non-hydrogen) atoms. The lowest BCUT2D eigenvalue weighted by atomic mass is 10.1. The normalized spacial score (nSPS) is 12.0. The standard InChI is InChI=1S/C15H14F2N2O/c1-9-3-4-11(7-13(9)16)10(2)19-15(20)12-5-6-18-14(17)8-12/h3-8,10H,1-2H3,(H,19,20). The number of carbonyl (C=O) groups excluding carboxylic acids is 1. The fourth-order valence-electron chi connectivity index (χ4n) is 1.79. The fourth-order valence-corrected chi connectivity index (χ4v) is 1.79. The summed E-state index contributed by atoms with van der Waals surface area (Å²) in [4.78, 5) is 15.3. The Kier molecular flexibility index (Phi) is 4.08. The molecule has 1 unspecified atom stereocenters. The van der Waals surface area contributed by atoms with Crippen LogP contribution in [-0.4, -0.2) is 10.9 Å². The highest BCUT2D eigenvalue weighted by atomic mass is 19.1. The van der Waals surface area contributed by atoms with Crippen molar-refractivity contribution in [3.8, 4) is 0 Å². The van der Waals surface area contributed by atoms with Gasteiger partial charge >= 0.3 is 0 Å². The molecule has 0 fully saturated rings. The Morgan fingerprint density at radius 2 is 2.00 bits per heavy atom. The minimum Gasteiger partial charge on any atom is -0.346 e. The highest BCUT2D eigenvalue weighted by Crippen LogP contribution is 2.16. The number of benzene rings is 1. The number of aryl methyl sites for hydroxylation is 1. The molecular weight excluding hydrogens is 262 g/mol. The van der Waals surface area contributed by atoms with Gasteiger partial charge in [-0.3, -0.25) is 4.79 Å². The molecule has 1 amide bonds. The number of nitrogens with zero attached hydrogens (tertiary/aromatic N) is 1. The summed E-state index contributed by atoms with van der Waals surface area (Å²) in [6, 6.07) is 6.87. The van der Waals surface area contributed by atoms with E-state index in [-0.39, 0.29) is 17.4 Å². The van der Waals surface area contributed by atoms with Crippen LogP contribution in [0.3, 0.4) is 0 Å². The molecule has 1 N–H and O–H groups in total. The third-order valence-electron chi connectivity index (χ3n) is 3.03. The third kappa shape index (κ3) is 3.17. The Labute approximate surface area is 115 Å². The number of pyridine rings is 1. The third-order valence-corrected chi connectivity index (χ3v) is 3.03. The van der Waals surface area contributed by atoms with Crippen molar-refractivity contribution < 1.29 is 13.6 Å². The number of hydrogen-bond acceptors (Lipinski definition) is 2. The summed E-state index contributed by atoms with van der Waals surface area (Å²) >= 11 is 0. The van der Waals surface area contributed by atoms with Gasteiger partial charge < -0.3 is 5.32 Å². The minimum atomic E-state index is -0.716. The van der Waals surface area contributed by atoms with E-state index < -0.39 is 11.9 Å². The Bertz CT molecular complexity index is 644. The van der Waals surface area contributed by atoms with Crippen LogP contribution in [0.2, 0.25) is 0 Å². The first-order valence-corrected chi connectivity index (χ1v) is 6.16. The Morgan fingerprint density at radius 1 is 1.25 bits per heavy atom. The quantitative estimate of drug-likeness (QED) is 0.875. The van der Waals surface area contributed by atoms with Crippen LogP contribution in [0.15, 0.2) is 36.5 Å². The van der Waals surface area contributed by atoms with Crippen molar-refractivity contribution in [2.24, 2.45) is 0 Å². The van der Waals surface area contributed by atoms with Crippen molar-refractivity contribution >= 4 is 5.91 Å². The molecule has 1 aromatic heterocycles. The van der Waals surface area contributed by atoms with E-state index in [0.717, 1.165) is 6.07 Å². The molecule has 0 aliphatic rings. The zero-order valence-electron chi connectivity index (χ0n) is 11.2. The van der Waals surface area contributed by atoms with Crippen LogP contribution in [0.5, 0.6) is 0 Å². The van der Waals surface area contributed by atoms with Crippen molar-refractivity contribution in [3.63, 3.8) is 0 Å². The lowest BCUT2D eigenvalue weighted by Gasteiger charge is -2.15. The molecule has 1 aromatic carbocycles. The number of carbonyl (C=O) groups is 1. The maximum atomic E-state index is 13.5. The summed E-state index contributed by atoms with van der Waals surface area (Å²) in [5, 5.41) is 2.69. The second kappa shape index (κ2) is 5.77. The van der Waals surface area contributed by atoms with E-state index in [0.29, 0.717) is 11.1 Å². The van der Waals surface area contributed by atoms with E-state index >= 15 is 0 Å². The maximum Gasteiger partial charge on any atom is 0.251 e. The molecule has 2 aromatic rings. The molecule has 1 atom stereocenters. The summed E-state index contributed by atoms with van der Waals surface area (Å²) < 4.78 is 26.4. The summed E-state index contributed by atoms with van der Waals surface area (Å²) in [6.45, 7) is 3.40. The second-order valence-electron chi connectivity index (χ2n) is 4.57. The van der Waals surface area contributed by atoms with Crippen molar-refractivity contribution in [3.05, 3.63) is 65.0 Å². The Morgan fingerprint density at radius 3 is 2.65 bits per heavy atom. The Balaban J connectivity index is 2.13. The van der Waals surface area contributed by atoms with Crippen LogP contribution in [0.1, 0.15) is 34.5 Å². The van der Waals surface area contributed by atoms with Crippen LogP contribution < -0.4 is 5.32 Å². The SMILES string of the molecule is Cc1ccc(C(C)NC(=O)c2ccnc(F)c2)cc1F. The predicted octanol–water partition coefficient (Wildman–Crippen LogP) is 3.16. The average Bonchev–Trinajstić information content (AvgIpc) is 2.41. The predicted molar refractivity (Wildman–Crippen MR) is 71.2 cm³/mol. The van der Waals surface area contributed by atoms with Gasteiger partial charge in [-0.2, -0.15) is 4.39 Å². The van der Waals surface area contributed by atoms with Gasteiger partial charge in [0, 0.05) is 17.8 Å². The van der Waals surface area contributed by atoms with Gasteiger partial charge in [-0.25, -0.2) is 9.37 Å². The maximum absolute atomic E-state index is 13.5. The van der Waals surface area contributed by atoms with Crippen LogP contribution in [0.4, 0.5) is 8.78 Å². The molecule has 0 saturated heterocycles. The number of hydrogen-bond donors (Lipinski definition) is 1. The summed E-state index contributed by atoms with van der Waals surface area (Å²) in [7, 11) is 0. The van der Waals surface area contributed by atoms with Crippen LogP contribution in [0, 0.1) is 18.7 Å². The van der Waals surface area contributed by atoms with Gasteiger partial charge in [-0.15, -0.1) is 0 Å². The first-order chi connectivity index (χ1) is 9.47. The van der Waals surface area contributed by atoms with Crippen molar-refractivity contribution in [1.29, 1.82) is 0 Å². The smallest absolute Gasteiger partial charge is 0.251 e. The van der Waals surface area contributed by atoms with E-state index in [2.05, 4.69) is 10.3 Å². The van der Waals surface area contributed by atoms with Gasteiger partial charge in [0.15, 0.2) is 0 Å².